The van der Waals surface area contributed by atoms with Gasteiger partial charge in [0.05, 0.1) is 5.56 Å². The number of hydrogen-bond donors (Lipinski definition) is 3. The molecule has 0 atom stereocenters. The molecule has 3 rings (SSSR count). The van der Waals surface area contributed by atoms with Gasteiger partial charge in [-0.3, -0.25) is 0 Å². The Morgan fingerprint density at radius 3 is 2.46 bits per heavy atom. The SMILES string of the molecule is O=C(O)c1ccc(Nc2ccnc(NCCc3ccc(F)cc3)n2)cc1. The summed E-state index contributed by atoms with van der Waals surface area (Å²) in [5.74, 6) is -0.155. The van der Waals surface area contributed by atoms with Crippen LogP contribution in [0.2, 0.25) is 0 Å². The van der Waals surface area contributed by atoms with Crippen LogP contribution in [0, 0.1) is 5.82 Å². The lowest BCUT2D eigenvalue weighted by Crippen LogP contribution is -2.08. The van der Waals surface area contributed by atoms with Gasteiger partial charge in [0.25, 0.3) is 0 Å². The van der Waals surface area contributed by atoms with E-state index in [0.29, 0.717) is 18.3 Å². The Kier molecular flexibility index (Phi) is 5.38. The van der Waals surface area contributed by atoms with Crippen molar-refractivity contribution < 1.29 is 14.3 Å². The molecule has 0 radical (unpaired) electrons. The highest BCUT2D eigenvalue weighted by molar-refractivity contribution is 5.88. The molecule has 3 aromatic rings. The smallest absolute Gasteiger partial charge is 0.335 e. The van der Waals surface area contributed by atoms with Crippen molar-refractivity contribution in [1.82, 2.24) is 9.97 Å². The Morgan fingerprint density at radius 1 is 1.04 bits per heavy atom. The van der Waals surface area contributed by atoms with Gasteiger partial charge in [-0.1, -0.05) is 12.1 Å². The summed E-state index contributed by atoms with van der Waals surface area (Å²) in [7, 11) is 0. The molecule has 0 aliphatic rings. The third-order valence-electron chi connectivity index (χ3n) is 3.67. The molecule has 132 valence electrons. The monoisotopic (exact) mass is 352 g/mol. The van der Waals surface area contributed by atoms with E-state index < -0.39 is 5.97 Å². The molecule has 0 fully saturated rings. The van der Waals surface area contributed by atoms with Gasteiger partial charge in [0.2, 0.25) is 5.95 Å². The van der Waals surface area contributed by atoms with E-state index in [4.69, 9.17) is 5.11 Å². The summed E-state index contributed by atoms with van der Waals surface area (Å²) in [6, 6.07) is 14.5. The van der Waals surface area contributed by atoms with Gasteiger partial charge in [-0.05, 0) is 54.4 Å². The van der Waals surface area contributed by atoms with E-state index >= 15 is 0 Å². The number of hydrogen-bond acceptors (Lipinski definition) is 5. The van der Waals surface area contributed by atoms with E-state index in [9.17, 15) is 9.18 Å². The van der Waals surface area contributed by atoms with Crippen molar-refractivity contribution in [3.05, 3.63) is 77.7 Å². The molecule has 7 heteroatoms. The zero-order valence-corrected chi connectivity index (χ0v) is 13.8. The van der Waals surface area contributed by atoms with E-state index in [1.54, 1.807) is 36.5 Å². The Bertz CT molecular complexity index is 883. The van der Waals surface area contributed by atoms with Crippen LogP contribution in [0.25, 0.3) is 0 Å². The van der Waals surface area contributed by atoms with Crippen LogP contribution in [0.4, 0.5) is 21.8 Å². The molecule has 0 spiro atoms. The molecule has 2 aromatic carbocycles. The van der Waals surface area contributed by atoms with E-state index in [0.717, 1.165) is 17.7 Å². The lowest BCUT2D eigenvalue weighted by Gasteiger charge is -2.09. The van der Waals surface area contributed by atoms with Crippen LogP contribution in [-0.4, -0.2) is 27.6 Å². The summed E-state index contributed by atoms with van der Waals surface area (Å²) >= 11 is 0. The van der Waals surface area contributed by atoms with Crippen LogP contribution in [0.3, 0.4) is 0 Å². The quantitative estimate of drug-likeness (QED) is 0.601. The van der Waals surface area contributed by atoms with Crippen molar-refractivity contribution in [2.45, 2.75) is 6.42 Å². The molecule has 6 nitrogen and oxygen atoms in total. The highest BCUT2D eigenvalue weighted by atomic mass is 19.1. The van der Waals surface area contributed by atoms with E-state index in [2.05, 4.69) is 20.6 Å². The minimum atomic E-state index is -0.966. The summed E-state index contributed by atoms with van der Waals surface area (Å²) in [6.07, 6.45) is 2.35. The standard InChI is InChI=1S/C19H17FN4O2/c20-15-5-1-13(2-6-15)9-11-21-19-22-12-10-17(24-19)23-16-7-3-14(4-8-16)18(25)26/h1-8,10,12H,9,11H2,(H,25,26)(H2,21,22,23,24). The molecule has 26 heavy (non-hydrogen) atoms. The first-order chi connectivity index (χ1) is 12.6. The first-order valence-corrected chi connectivity index (χ1v) is 8.02. The zero-order chi connectivity index (χ0) is 18.4. The number of carbonyl (C=O) groups is 1. The first kappa shape index (κ1) is 17.3. The maximum Gasteiger partial charge on any atom is 0.335 e. The fourth-order valence-electron chi connectivity index (χ4n) is 2.33. The second kappa shape index (κ2) is 8.06. The third kappa shape index (κ3) is 4.76. The van der Waals surface area contributed by atoms with Crippen molar-refractivity contribution >= 4 is 23.4 Å². The van der Waals surface area contributed by atoms with Gasteiger partial charge in [-0.15, -0.1) is 0 Å². The van der Waals surface area contributed by atoms with Gasteiger partial charge >= 0.3 is 5.97 Å². The molecule has 0 aliphatic carbocycles. The minimum Gasteiger partial charge on any atom is -0.478 e. The van der Waals surface area contributed by atoms with E-state index in [-0.39, 0.29) is 11.4 Å². The normalized spacial score (nSPS) is 10.3. The van der Waals surface area contributed by atoms with Gasteiger partial charge < -0.3 is 15.7 Å². The molecule has 0 aliphatic heterocycles. The second-order valence-electron chi connectivity index (χ2n) is 5.58. The van der Waals surface area contributed by atoms with Gasteiger partial charge in [-0.25, -0.2) is 14.2 Å². The number of halogens is 1. The van der Waals surface area contributed by atoms with Gasteiger partial charge in [0, 0.05) is 18.4 Å². The van der Waals surface area contributed by atoms with Crippen LogP contribution in [0.5, 0.6) is 0 Å². The molecule has 0 bridgehead atoms. The van der Waals surface area contributed by atoms with Gasteiger partial charge in [0.15, 0.2) is 0 Å². The topological polar surface area (TPSA) is 87.1 Å². The van der Waals surface area contributed by atoms with Crippen LogP contribution in [-0.2, 0) is 6.42 Å². The molecule has 0 amide bonds. The Labute approximate surface area is 149 Å². The van der Waals surface area contributed by atoms with Crippen molar-refractivity contribution in [2.24, 2.45) is 0 Å². The van der Waals surface area contributed by atoms with Crippen LogP contribution < -0.4 is 10.6 Å². The number of rotatable bonds is 7. The highest BCUT2D eigenvalue weighted by Crippen LogP contribution is 2.16. The highest BCUT2D eigenvalue weighted by Gasteiger charge is 2.03. The van der Waals surface area contributed by atoms with Gasteiger partial charge in [-0.2, -0.15) is 4.98 Å². The predicted molar refractivity (Wildman–Crippen MR) is 97.3 cm³/mol. The summed E-state index contributed by atoms with van der Waals surface area (Å²) in [5.41, 5.74) is 1.97. The minimum absolute atomic E-state index is 0.224. The average molecular weight is 352 g/mol. The van der Waals surface area contributed by atoms with Crippen molar-refractivity contribution in [2.75, 3.05) is 17.2 Å². The Hall–Kier alpha value is -3.48. The number of aromatic carboxylic acids is 1. The first-order valence-electron chi connectivity index (χ1n) is 8.02. The fourth-order valence-corrected chi connectivity index (χ4v) is 2.33. The third-order valence-corrected chi connectivity index (χ3v) is 3.67. The predicted octanol–water partition coefficient (Wildman–Crippen LogP) is 3.71. The molecular weight excluding hydrogens is 335 g/mol. The summed E-state index contributed by atoms with van der Waals surface area (Å²) in [4.78, 5) is 19.4. The molecule has 0 saturated heterocycles. The second-order valence-corrected chi connectivity index (χ2v) is 5.58. The Balaban J connectivity index is 1.57. The number of benzene rings is 2. The summed E-state index contributed by atoms with van der Waals surface area (Å²) in [6.45, 7) is 0.613. The lowest BCUT2D eigenvalue weighted by atomic mass is 10.1. The maximum atomic E-state index is 12.9. The molecule has 1 heterocycles. The number of carboxylic acids is 1. The largest absolute Gasteiger partial charge is 0.478 e. The molecule has 3 N–H and O–H groups in total. The number of nitrogens with zero attached hydrogens (tertiary/aromatic N) is 2. The van der Waals surface area contributed by atoms with Crippen LogP contribution >= 0.6 is 0 Å². The van der Waals surface area contributed by atoms with E-state index in [1.165, 1.54) is 24.3 Å². The molecule has 1 aromatic heterocycles. The lowest BCUT2D eigenvalue weighted by molar-refractivity contribution is 0.0697. The Morgan fingerprint density at radius 2 is 1.77 bits per heavy atom. The van der Waals surface area contributed by atoms with Crippen molar-refractivity contribution in [3.8, 4) is 0 Å². The van der Waals surface area contributed by atoms with Crippen LogP contribution in [0.1, 0.15) is 15.9 Å². The summed E-state index contributed by atoms with van der Waals surface area (Å²) < 4.78 is 12.9. The van der Waals surface area contributed by atoms with Crippen LogP contribution in [0.15, 0.2) is 60.8 Å². The van der Waals surface area contributed by atoms with Crippen molar-refractivity contribution in [1.29, 1.82) is 0 Å². The fraction of sp³-hybridized carbons (Fsp3) is 0.105. The molecular formula is C19H17FN4O2. The number of aromatic nitrogens is 2. The molecule has 0 saturated carbocycles. The zero-order valence-electron chi connectivity index (χ0n) is 13.8. The van der Waals surface area contributed by atoms with E-state index in [1.807, 2.05) is 0 Å². The number of nitrogens with one attached hydrogen (secondary N) is 2. The number of anilines is 3. The summed E-state index contributed by atoms with van der Waals surface area (Å²) in [5, 5.41) is 15.1. The van der Waals surface area contributed by atoms with Gasteiger partial charge in [0.1, 0.15) is 11.6 Å². The molecule has 0 unspecified atom stereocenters. The maximum absolute atomic E-state index is 12.9. The van der Waals surface area contributed by atoms with Crippen molar-refractivity contribution in [3.63, 3.8) is 0 Å². The average Bonchev–Trinajstić information content (AvgIpc) is 2.64. The number of carboxylic acid groups (broad SMARTS) is 1.